The highest BCUT2D eigenvalue weighted by Crippen LogP contribution is 2.25. The van der Waals surface area contributed by atoms with Crippen LogP contribution in [-0.2, 0) is 16.0 Å². The van der Waals surface area contributed by atoms with Crippen molar-refractivity contribution >= 4 is 29.4 Å². The number of carboxylic acids is 1. The molecule has 2 aromatic rings. The highest BCUT2D eigenvalue weighted by molar-refractivity contribution is 6.21. The standard InChI is InChI=1S/C23H24ClFN2O6/c1-12-16(3-2-4-19(12)28)21(30)26-17(9-13-5-7-15(25)8-6-13)20(29)22(31)27-11-14(24)10-18(27)23(32)33/h2-8,14,17-18,20,28-29H,9-11H2,1H3,(H,26,30)(H,32,33)/t14-,17-,18-,20-/m0/s1. The number of hydrogen-bond donors (Lipinski definition) is 4. The van der Waals surface area contributed by atoms with Crippen molar-refractivity contribution in [3.63, 3.8) is 0 Å². The van der Waals surface area contributed by atoms with Crippen molar-refractivity contribution in [1.82, 2.24) is 10.2 Å². The molecule has 4 N–H and O–H groups in total. The summed E-state index contributed by atoms with van der Waals surface area (Å²) in [6.07, 6.45) is -1.79. The SMILES string of the molecule is Cc1c(O)cccc1C(=O)N[C@@H](Cc1ccc(F)cc1)[C@H](O)C(=O)N1C[C@@H](Cl)C[C@H]1C(=O)O. The molecule has 8 nitrogen and oxygen atoms in total. The van der Waals surface area contributed by atoms with Crippen LogP contribution in [0.5, 0.6) is 5.75 Å². The van der Waals surface area contributed by atoms with Crippen molar-refractivity contribution in [3.8, 4) is 5.75 Å². The van der Waals surface area contributed by atoms with Gasteiger partial charge in [0.25, 0.3) is 11.8 Å². The molecule has 0 aromatic heterocycles. The minimum absolute atomic E-state index is 0.0345. The van der Waals surface area contributed by atoms with Gasteiger partial charge in [0.15, 0.2) is 6.10 Å². The van der Waals surface area contributed by atoms with Gasteiger partial charge in [-0.3, -0.25) is 9.59 Å². The number of aliphatic hydroxyl groups is 1. The maximum absolute atomic E-state index is 13.3. The summed E-state index contributed by atoms with van der Waals surface area (Å²) in [5.41, 5.74) is 0.989. The summed E-state index contributed by atoms with van der Waals surface area (Å²) in [6.45, 7) is 1.49. The summed E-state index contributed by atoms with van der Waals surface area (Å²) >= 11 is 6.05. The smallest absolute Gasteiger partial charge is 0.326 e. The number of rotatable bonds is 7. The van der Waals surface area contributed by atoms with Gasteiger partial charge in [0, 0.05) is 17.7 Å². The molecule has 1 fully saturated rings. The third-order valence-corrected chi connectivity index (χ3v) is 6.00. The molecule has 1 aliphatic rings. The van der Waals surface area contributed by atoms with Crippen LogP contribution < -0.4 is 5.32 Å². The van der Waals surface area contributed by atoms with E-state index in [4.69, 9.17) is 11.6 Å². The predicted molar refractivity (Wildman–Crippen MR) is 118 cm³/mol. The van der Waals surface area contributed by atoms with E-state index in [1.165, 1.54) is 42.5 Å². The van der Waals surface area contributed by atoms with Crippen LogP contribution in [0.25, 0.3) is 0 Å². The molecule has 0 saturated carbocycles. The van der Waals surface area contributed by atoms with Crippen LogP contribution in [0, 0.1) is 12.7 Å². The number of nitrogens with zero attached hydrogens (tertiary/aromatic N) is 1. The number of phenolic OH excluding ortho intramolecular Hbond substituents is 1. The monoisotopic (exact) mass is 478 g/mol. The Morgan fingerprint density at radius 1 is 1.21 bits per heavy atom. The highest BCUT2D eigenvalue weighted by Gasteiger charge is 2.42. The lowest BCUT2D eigenvalue weighted by Gasteiger charge is -2.29. The number of nitrogens with one attached hydrogen (secondary N) is 1. The molecule has 2 aromatic carbocycles. The van der Waals surface area contributed by atoms with E-state index in [0.717, 1.165) is 4.90 Å². The van der Waals surface area contributed by atoms with E-state index < -0.39 is 47.2 Å². The first-order chi connectivity index (χ1) is 15.6. The van der Waals surface area contributed by atoms with Crippen LogP contribution in [0.3, 0.4) is 0 Å². The minimum atomic E-state index is -1.79. The lowest BCUT2D eigenvalue weighted by atomic mass is 9.98. The lowest BCUT2D eigenvalue weighted by Crippen LogP contribution is -2.54. The molecule has 1 saturated heterocycles. The number of aliphatic hydroxyl groups excluding tert-OH is 1. The second-order valence-corrected chi connectivity index (χ2v) is 8.60. The van der Waals surface area contributed by atoms with Gasteiger partial charge in [0.2, 0.25) is 0 Å². The van der Waals surface area contributed by atoms with Crippen LogP contribution in [0.2, 0.25) is 0 Å². The largest absolute Gasteiger partial charge is 0.508 e. The van der Waals surface area contributed by atoms with E-state index in [-0.39, 0.29) is 30.7 Å². The van der Waals surface area contributed by atoms with Gasteiger partial charge in [-0.15, -0.1) is 11.6 Å². The number of benzene rings is 2. The highest BCUT2D eigenvalue weighted by atomic mass is 35.5. The number of aliphatic carboxylic acids is 1. The molecule has 10 heteroatoms. The number of amides is 2. The Morgan fingerprint density at radius 3 is 2.52 bits per heavy atom. The van der Waals surface area contributed by atoms with Gasteiger partial charge in [-0.2, -0.15) is 0 Å². The Balaban J connectivity index is 1.87. The number of aromatic hydroxyl groups is 1. The summed E-state index contributed by atoms with van der Waals surface area (Å²) in [5, 5.41) is 32.2. The number of halogens is 2. The van der Waals surface area contributed by atoms with Crippen molar-refractivity contribution in [1.29, 1.82) is 0 Å². The molecule has 33 heavy (non-hydrogen) atoms. The molecule has 0 aliphatic carbocycles. The summed E-state index contributed by atoms with van der Waals surface area (Å²) in [6, 6.07) is 7.35. The third kappa shape index (κ3) is 5.61. The molecular weight excluding hydrogens is 455 g/mol. The molecule has 1 heterocycles. The zero-order valence-electron chi connectivity index (χ0n) is 17.7. The van der Waals surface area contributed by atoms with Crippen molar-refractivity contribution in [3.05, 3.63) is 65.0 Å². The van der Waals surface area contributed by atoms with E-state index in [9.17, 15) is 34.1 Å². The topological polar surface area (TPSA) is 127 Å². The average molecular weight is 479 g/mol. The summed E-state index contributed by atoms with van der Waals surface area (Å²) in [4.78, 5) is 38.5. The van der Waals surface area contributed by atoms with Gasteiger partial charge in [-0.25, -0.2) is 9.18 Å². The van der Waals surface area contributed by atoms with Crippen LogP contribution in [0.4, 0.5) is 4.39 Å². The average Bonchev–Trinajstić information content (AvgIpc) is 3.17. The number of carboxylic acid groups (broad SMARTS) is 1. The van der Waals surface area contributed by atoms with E-state index in [0.29, 0.717) is 11.1 Å². The van der Waals surface area contributed by atoms with Crippen molar-refractivity contribution in [2.75, 3.05) is 6.54 Å². The first-order valence-corrected chi connectivity index (χ1v) is 10.7. The molecule has 0 bridgehead atoms. The Morgan fingerprint density at radius 2 is 1.88 bits per heavy atom. The molecular formula is C23H24ClFN2O6. The zero-order valence-corrected chi connectivity index (χ0v) is 18.5. The van der Waals surface area contributed by atoms with Crippen molar-refractivity contribution in [2.45, 2.75) is 43.3 Å². The van der Waals surface area contributed by atoms with Crippen LogP contribution in [0.15, 0.2) is 42.5 Å². The van der Waals surface area contributed by atoms with Crippen molar-refractivity contribution < 1.29 is 34.1 Å². The van der Waals surface area contributed by atoms with E-state index >= 15 is 0 Å². The lowest BCUT2D eigenvalue weighted by molar-refractivity contribution is -0.152. The van der Waals surface area contributed by atoms with Crippen LogP contribution in [0.1, 0.15) is 27.9 Å². The number of likely N-dealkylation sites (tertiary alicyclic amines) is 1. The number of carbonyl (C=O) groups excluding carboxylic acids is 2. The molecule has 1 aliphatic heterocycles. The Labute approximate surface area is 194 Å². The maximum Gasteiger partial charge on any atom is 0.326 e. The number of hydrogen-bond acceptors (Lipinski definition) is 5. The number of alkyl halides is 1. The van der Waals surface area contributed by atoms with Crippen LogP contribution >= 0.6 is 11.6 Å². The Bertz CT molecular complexity index is 1050. The second kappa shape index (κ2) is 10.2. The van der Waals surface area contributed by atoms with E-state index in [1.54, 1.807) is 6.92 Å². The Kier molecular flexibility index (Phi) is 7.55. The zero-order chi connectivity index (χ0) is 24.3. The number of carbonyl (C=O) groups is 3. The molecule has 176 valence electrons. The third-order valence-electron chi connectivity index (χ3n) is 5.69. The summed E-state index contributed by atoms with van der Waals surface area (Å²) < 4.78 is 13.3. The van der Waals surface area contributed by atoms with E-state index in [1.807, 2.05) is 0 Å². The molecule has 0 unspecified atom stereocenters. The van der Waals surface area contributed by atoms with Crippen molar-refractivity contribution in [2.24, 2.45) is 0 Å². The van der Waals surface area contributed by atoms with Gasteiger partial charge in [-0.1, -0.05) is 18.2 Å². The second-order valence-electron chi connectivity index (χ2n) is 7.98. The molecule has 0 radical (unpaired) electrons. The van der Waals surface area contributed by atoms with Gasteiger partial charge < -0.3 is 25.5 Å². The van der Waals surface area contributed by atoms with Gasteiger partial charge in [0.1, 0.15) is 17.6 Å². The summed E-state index contributed by atoms with van der Waals surface area (Å²) in [5.74, 6) is -3.34. The van der Waals surface area contributed by atoms with E-state index in [2.05, 4.69) is 5.32 Å². The first-order valence-electron chi connectivity index (χ1n) is 10.3. The minimum Gasteiger partial charge on any atom is -0.508 e. The number of phenols is 1. The predicted octanol–water partition coefficient (Wildman–Crippen LogP) is 1.83. The van der Waals surface area contributed by atoms with Gasteiger partial charge in [-0.05, 0) is 49.6 Å². The van der Waals surface area contributed by atoms with Crippen LogP contribution in [-0.4, -0.2) is 68.1 Å². The molecule has 3 rings (SSSR count). The fourth-order valence-electron chi connectivity index (χ4n) is 3.84. The molecule has 0 spiro atoms. The first kappa shape index (κ1) is 24.5. The quantitative estimate of drug-likeness (QED) is 0.450. The fourth-order valence-corrected chi connectivity index (χ4v) is 4.15. The Hall–Kier alpha value is -3.17. The molecule has 2 amide bonds. The van der Waals surface area contributed by atoms with Gasteiger partial charge in [0.05, 0.1) is 11.4 Å². The fraction of sp³-hybridized carbons (Fsp3) is 0.348. The normalized spacial score (nSPS) is 19.7. The van der Waals surface area contributed by atoms with Gasteiger partial charge >= 0.3 is 5.97 Å². The summed E-state index contributed by atoms with van der Waals surface area (Å²) in [7, 11) is 0. The maximum atomic E-state index is 13.3. The molecule has 4 atom stereocenters.